The number of methoxy groups -OCH3 is 2. The van der Waals surface area contributed by atoms with Crippen molar-refractivity contribution < 1.29 is 23.9 Å². The van der Waals surface area contributed by atoms with Crippen molar-refractivity contribution in [3.05, 3.63) is 59.2 Å². The molecule has 1 heterocycles. The second kappa shape index (κ2) is 8.44. The Hall–Kier alpha value is -3.55. The third kappa shape index (κ3) is 4.07. The van der Waals surface area contributed by atoms with E-state index < -0.39 is 23.4 Å². The Morgan fingerprint density at radius 1 is 1.10 bits per heavy atom. The van der Waals surface area contributed by atoms with Crippen molar-refractivity contribution in [3.63, 3.8) is 0 Å². The lowest BCUT2D eigenvalue weighted by Gasteiger charge is -2.22. The molecule has 0 bridgehead atoms. The first kappa shape index (κ1) is 21.2. The lowest BCUT2D eigenvalue weighted by molar-refractivity contribution is -0.134. The molecule has 2 aromatic carbocycles. The molecule has 2 aromatic rings. The molecule has 1 aliphatic heterocycles. The molecular weight excluding hydrogens is 386 g/mol. The Kier molecular flexibility index (Phi) is 5.96. The van der Waals surface area contributed by atoms with Crippen molar-refractivity contribution in [2.24, 2.45) is 0 Å². The van der Waals surface area contributed by atoms with Gasteiger partial charge < -0.3 is 20.1 Å². The van der Waals surface area contributed by atoms with Gasteiger partial charge in [0.15, 0.2) is 0 Å². The predicted molar refractivity (Wildman–Crippen MR) is 110 cm³/mol. The largest absolute Gasteiger partial charge is 0.497 e. The average molecular weight is 411 g/mol. The Balaban J connectivity index is 1.68. The zero-order chi connectivity index (χ0) is 21.9. The van der Waals surface area contributed by atoms with Crippen molar-refractivity contribution in [3.8, 4) is 11.5 Å². The number of nitrogens with one attached hydrogen (secondary N) is 2. The molecule has 1 aliphatic rings. The van der Waals surface area contributed by atoms with E-state index in [4.69, 9.17) is 9.47 Å². The lowest BCUT2D eigenvalue weighted by Crippen LogP contribution is -2.43. The van der Waals surface area contributed by atoms with Gasteiger partial charge in [-0.3, -0.25) is 14.5 Å². The number of benzene rings is 2. The van der Waals surface area contributed by atoms with Crippen LogP contribution >= 0.6 is 0 Å². The molecule has 0 unspecified atom stereocenters. The molecule has 0 aromatic heterocycles. The van der Waals surface area contributed by atoms with Crippen LogP contribution in [0.15, 0.2) is 42.5 Å². The fourth-order valence-electron chi connectivity index (χ4n) is 3.34. The number of amides is 4. The van der Waals surface area contributed by atoms with Gasteiger partial charge in [-0.05, 0) is 37.6 Å². The quantitative estimate of drug-likeness (QED) is 0.680. The summed E-state index contributed by atoms with van der Waals surface area (Å²) in [5.74, 6) is 0.294. The smallest absolute Gasteiger partial charge is 0.325 e. The van der Waals surface area contributed by atoms with E-state index in [-0.39, 0.29) is 13.1 Å². The van der Waals surface area contributed by atoms with Gasteiger partial charge in [-0.1, -0.05) is 29.8 Å². The summed E-state index contributed by atoms with van der Waals surface area (Å²) in [7, 11) is 3.08. The topological polar surface area (TPSA) is 97.0 Å². The molecule has 0 aliphatic carbocycles. The van der Waals surface area contributed by atoms with E-state index in [0.29, 0.717) is 22.6 Å². The fraction of sp³-hybridized carbons (Fsp3) is 0.318. The van der Waals surface area contributed by atoms with E-state index in [1.165, 1.54) is 7.11 Å². The van der Waals surface area contributed by atoms with Gasteiger partial charge in [0.1, 0.15) is 23.6 Å². The minimum absolute atomic E-state index is 0.165. The summed E-state index contributed by atoms with van der Waals surface area (Å²) < 4.78 is 10.5. The summed E-state index contributed by atoms with van der Waals surface area (Å²) in [6.45, 7) is 3.36. The number of carbonyl (C=O) groups excluding carboxylic acids is 3. The summed E-state index contributed by atoms with van der Waals surface area (Å²) in [5.41, 5.74) is 1.21. The van der Waals surface area contributed by atoms with Crippen molar-refractivity contribution in [2.45, 2.75) is 25.9 Å². The van der Waals surface area contributed by atoms with Crippen LogP contribution in [-0.4, -0.2) is 43.5 Å². The van der Waals surface area contributed by atoms with Crippen LogP contribution in [0.1, 0.15) is 23.6 Å². The van der Waals surface area contributed by atoms with Crippen LogP contribution in [0.4, 0.5) is 4.79 Å². The molecule has 1 fully saturated rings. The minimum Gasteiger partial charge on any atom is -0.497 e. The zero-order valence-corrected chi connectivity index (χ0v) is 17.4. The van der Waals surface area contributed by atoms with Crippen LogP contribution in [-0.2, 0) is 21.7 Å². The monoisotopic (exact) mass is 411 g/mol. The highest BCUT2D eigenvalue weighted by molar-refractivity contribution is 6.09. The molecule has 8 nitrogen and oxygen atoms in total. The van der Waals surface area contributed by atoms with Crippen molar-refractivity contribution >= 4 is 17.8 Å². The highest BCUT2D eigenvalue weighted by atomic mass is 16.5. The number of carbonyl (C=O) groups is 3. The Labute approximate surface area is 175 Å². The highest BCUT2D eigenvalue weighted by Crippen LogP contribution is 2.29. The van der Waals surface area contributed by atoms with Gasteiger partial charge in [-0.15, -0.1) is 0 Å². The van der Waals surface area contributed by atoms with Crippen LogP contribution in [0.5, 0.6) is 11.5 Å². The van der Waals surface area contributed by atoms with Gasteiger partial charge in [-0.25, -0.2) is 4.79 Å². The third-order valence-corrected chi connectivity index (χ3v) is 5.17. The highest BCUT2D eigenvalue weighted by Gasteiger charge is 2.49. The number of rotatable bonds is 7. The summed E-state index contributed by atoms with van der Waals surface area (Å²) in [6.07, 6.45) is 0. The number of hydrogen-bond donors (Lipinski definition) is 2. The number of urea groups is 1. The predicted octanol–water partition coefficient (Wildman–Crippen LogP) is 2.10. The zero-order valence-electron chi connectivity index (χ0n) is 17.4. The van der Waals surface area contributed by atoms with Gasteiger partial charge in [0, 0.05) is 12.1 Å². The molecule has 4 amide bonds. The molecule has 0 spiro atoms. The van der Waals surface area contributed by atoms with Crippen LogP contribution < -0.4 is 20.1 Å². The third-order valence-electron chi connectivity index (χ3n) is 5.17. The number of aryl methyl sites for hydroxylation is 1. The molecule has 0 saturated carbocycles. The molecule has 1 atom stereocenters. The summed E-state index contributed by atoms with van der Waals surface area (Å²) >= 11 is 0. The molecule has 8 heteroatoms. The van der Waals surface area contributed by atoms with E-state index >= 15 is 0 Å². The Morgan fingerprint density at radius 3 is 2.43 bits per heavy atom. The van der Waals surface area contributed by atoms with Crippen molar-refractivity contribution in [1.82, 2.24) is 15.5 Å². The lowest BCUT2D eigenvalue weighted by atomic mass is 9.91. The van der Waals surface area contributed by atoms with E-state index in [1.807, 2.05) is 19.1 Å². The molecule has 1 saturated heterocycles. The standard InChI is InChI=1S/C22H25N3O5/c1-14-5-7-16(8-6-14)22(2)20(27)25(21(28)24-22)13-19(26)23-12-15-11-17(29-3)9-10-18(15)30-4/h5-11H,12-13H2,1-4H3,(H,23,26)(H,24,28)/t22-/m0/s1. The summed E-state index contributed by atoms with van der Waals surface area (Å²) in [4.78, 5) is 38.7. The van der Waals surface area contributed by atoms with Crippen LogP contribution in [0.3, 0.4) is 0 Å². The van der Waals surface area contributed by atoms with E-state index in [1.54, 1.807) is 44.4 Å². The maximum Gasteiger partial charge on any atom is 0.325 e. The van der Waals surface area contributed by atoms with Crippen LogP contribution in [0.2, 0.25) is 0 Å². The second-order valence-electron chi connectivity index (χ2n) is 7.27. The maximum atomic E-state index is 12.9. The number of ether oxygens (including phenoxy) is 2. The normalized spacial score (nSPS) is 18.2. The van der Waals surface area contributed by atoms with Crippen LogP contribution in [0, 0.1) is 6.92 Å². The summed E-state index contributed by atoms with van der Waals surface area (Å²) in [6, 6.07) is 12.0. The fourth-order valence-corrected chi connectivity index (χ4v) is 3.34. The van der Waals surface area contributed by atoms with Crippen molar-refractivity contribution in [2.75, 3.05) is 20.8 Å². The van der Waals surface area contributed by atoms with E-state index in [0.717, 1.165) is 10.5 Å². The van der Waals surface area contributed by atoms with Gasteiger partial charge in [0.05, 0.1) is 14.2 Å². The number of hydrogen-bond acceptors (Lipinski definition) is 5. The molecule has 158 valence electrons. The summed E-state index contributed by atoms with van der Waals surface area (Å²) in [5, 5.41) is 5.42. The van der Waals surface area contributed by atoms with Gasteiger partial charge in [-0.2, -0.15) is 0 Å². The van der Waals surface area contributed by atoms with Crippen molar-refractivity contribution in [1.29, 1.82) is 0 Å². The number of nitrogens with zero attached hydrogens (tertiary/aromatic N) is 1. The Morgan fingerprint density at radius 2 is 1.80 bits per heavy atom. The van der Waals surface area contributed by atoms with E-state index in [9.17, 15) is 14.4 Å². The molecule has 0 radical (unpaired) electrons. The van der Waals surface area contributed by atoms with Crippen LogP contribution in [0.25, 0.3) is 0 Å². The molecular formula is C22H25N3O5. The number of imide groups is 1. The SMILES string of the molecule is COc1ccc(OC)c(CNC(=O)CN2C(=O)N[C@@](C)(c3ccc(C)cc3)C2=O)c1. The van der Waals surface area contributed by atoms with Gasteiger partial charge in [0.25, 0.3) is 5.91 Å². The minimum atomic E-state index is -1.21. The maximum absolute atomic E-state index is 12.9. The first-order valence-corrected chi connectivity index (χ1v) is 9.47. The first-order valence-electron chi connectivity index (χ1n) is 9.47. The molecule has 30 heavy (non-hydrogen) atoms. The first-order chi connectivity index (χ1) is 14.3. The van der Waals surface area contributed by atoms with Gasteiger partial charge in [0.2, 0.25) is 5.91 Å². The Bertz CT molecular complexity index is 973. The average Bonchev–Trinajstić information content (AvgIpc) is 2.96. The van der Waals surface area contributed by atoms with Gasteiger partial charge >= 0.3 is 6.03 Å². The second-order valence-corrected chi connectivity index (χ2v) is 7.27. The van der Waals surface area contributed by atoms with E-state index in [2.05, 4.69) is 10.6 Å². The molecule has 3 rings (SSSR count). The molecule has 2 N–H and O–H groups in total.